The number of rotatable bonds is 7. The number of amides is 3. The minimum Gasteiger partial charge on any atom is -0.352 e. The molecule has 1 atom stereocenters. The van der Waals surface area contributed by atoms with Gasteiger partial charge in [-0.1, -0.05) is 25.4 Å². The van der Waals surface area contributed by atoms with Crippen molar-refractivity contribution in [2.45, 2.75) is 38.8 Å². The number of halogens is 1. The van der Waals surface area contributed by atoms with Crippen LogP contribution in [-0.4, -0.2) is 36.3 Å². The van der Waals surface area contributed by atoms with Gasteiger partial charge in [0.25, 0.3) is 5.91 Å². The quantitative estimate of drug-likeness (QED) is 0.695. The minimum atomic E-state index is -0.720. The van der Waals surface area contributed by atoms with Crippen LogP contribution >= 0.6 is 11.6 Å². The summed E-state index contributed by atoms with van der Waals surface area (Å²) < 4.78 is 0. The van der Waals surface area contributed by atoms with E-state index in [1.54, 1.807) is 24.3 Å². The van der Waals surface area contributed by atoms with Crippen molar-refractivity contribution in [1.29, 1.82) is 0 Å². The van der Waals surface area contributed by atoms with Crippen molar-refractivity contribution >= 4 is 29.3 Å². The van der Waals surface area contributed by atoms with E-state index in [9.17, 15) is 14.4 Å². The van der Waals surface area contributed by atoms with Crippen LogP contribution in [0.25, 0.3) is 0 Å². The SMILES string of the molecule is CC(C)C(NC(=O)c1ccc(Cl)cc1)C(=O)NCC(=O)NC1CC1. The third kappa shape index (κ3) is 5.53. The molecule has 2 rings (SSSR count). The van der Waals surface area contributed by atoms with Gasteiger partial charge in [0.1, 0.15) is 6.04 Å². The third-order valence-corrected chi connectivity index (χ3v) is 3.96. The van der Waals surface area contributed by atoms with Gasteiger partial charge < -0.3 is 16.0 Å². The van der Waals surface area contributed by atoms with Crippen LogP contribution < -0.4 is 16.0 Å². The van der Waals surface area contributed by atoms with E-state index in [0.717, 1.165) is 12.8 Å². The van der Waals surface area contributed by atoms with Crippen LogP contribution in [0.3, 0.4) is 0 Å². The highest BCUT2D eigenvalue weighted by Crippen LogP contribution is 2.18. The van der Waals surface area contributed by atoms with Crippen molar-refractivity contribution in [1.82, 2.24) is 16.0 Å². The van der Waals surface area contributed by atoms with Gasteiger partial charge in [-0.2, -0.15) is 0 Å². The number of benzene rings is 1. The lowest BCUT2D eigenvalue weighted by Crippen LogP contribution is -2.51. The molecule has 0 heterocycles. The Hall–Kier alpha value is -2.08. The second kappa shape index (κ2) is 8.15. The Kier molecular flexibility index (Phi) is 6.20. The average Bonchev–Trinajstić information content (AvgIpc) is 3.34. The highest BCUT2D eigenvalue weighted by atomic mass is 35.5. The smallest absolute Gasteiger partial charge is 0.251 e. The normalized spacial score (nSPS) is 14.8. The molecule has 0 aliphatic heterocycles. The second-order valence-electron chi connectivity index (χ2n) is 6.26. The zero-order valence-corrected chi connectivity index (χ0v) is 14.5. The number of hydrogen-bond acceptors (Lipinski definition) is 3. The van der Waals surface area contributed by atoms with Crippen LogP contribution in [0.5, 0.6) is 0 Å². The van der Waals surface area contributed by atoms with Gasteiger partial charge in [-0.25, -0.2) is 0 Å². The molecule has 1 fully saturated rings. The van der Waals surface area contributed by atoms with Crippen molar-refractivity contribution in [2.24, 2.45) is 5.92 Å². The van der Waals surface area contributed by atoms with Crippen molar-refractivity contribution in [3.8, 4) is 0 Å². The molecule has 0 saturated heterocycles. The van der Waals surface area contributed by atoms with Gasteiger partial charge in [0, 0.05) is 16.6 Å². The van der Waals surface area contributed by atoms with Gasteiger partial charge in [-0.3, -0.25) is 14.4 Å². The molecule has 0 radical (unpaired) electrons. The summed E-state index contributed by atoms with van der Waals surface area (Å²) in [6, 6.07) is 5.94. The molecular weight excluding hydrogens is 330 g/mol. The van der Waals surface area contributed by atoms with E-state index in [0.29, 0.717) is 10.6 Å². The summed E-state index contributed by atoms with van der Waals surface area (Å²) in [7, 11) is 0. The maximum atomic E-state index is 12.3. The third-order valence-electron chi connectivity index (χ3n) is 3.71. The van der Waals surface area contributed by atoms with Crippen LogP contribution in [0.1, 0.15) is 37.0 Å². The molecule has 0 spiro atoms. The Morgan fingerprint density at radius 1 is 1.17 bits per heavy atom. The molecule has 1 aromatic carbocycles. The summed E-state index contributed by atoms with van der Waals surface area (Å²) in [5, 5.41) is 8.61. The summed E-state index contributed by atoms with van der Waals surface area (Å²) in [6.45, 7) is 3.57. The highest BCUT2D eigenvalue weighted by Gasteiger charge is 2.26. The fourth-order valence-electron chi connectivity index (χ4n) is 2.14. The lowest BCUT2D eigenvalue weighted by molar-refractivity contribution is -0.127. The Morgan fingerprint density at radius 2 is 1.79 bits per heavy atom. The van der Waals surface area contributed by atoms with Gasteiger partial charge in [0.05, 0.1) is 6.54 Å². The summed E-state index contributed by atoms with van der Waals surface area (Å²) in [5.74, 6) is -1.06. The molecule has 3 amide bonds. The van der Waals surface area contributed by atoms with E-state index in [2.05, 4.69) is 16.0 Å². The van der Waals surface area contributed by atoms with E-state index in [4.69, 9.17) is 11.6 Å². The van der Waals surface area contributed by atoms with Gasteiger partial charge in [-0.15, -0.1) is 0 Å². The molecule has 1 aliphatic rings. The van der Waals surface area contributed by atoms with E-state index in [1.165, 1.54) is 0 Å². The maximum Gasteiger partial charge on any atom is 0.251 e. The van der Waals surface area contributed by atoms with Crippen molar-refractivity contribution in [2.75, 3.05) is 6.54 Å². The Labute approximate surface area is 146 Å². The molecule has 0 aromatic heterocycles. The fourth-order valence-corrected chi connectivity index (χ4v) is 2.27. The van der Waals surface area contributed by atoms with Crippen molar-refractivity contribution in [3.05, 3.63) is 34.9 Å². The summed E-state index contributed by atoms with van der Waals surface area (Å²) in [5.41, 5.74) is 0.421. The van der Waals surface area contributed by atoms with Crippen LogP contribution in [0.2, 0.25) is 5.02 Å². The van der Waals surface area contributed by atoms with Gasteiger partial charge in [-0.05, 0) is 43.0 Å². The summed E-state index contributed by atoms with van der Waals surface area (Å²) in [6.07, 6.45) is 1.98. The Balaban J connectivity index is 1.89. The molecule has 6 nitrogen and oxygen atoms in total. The lowest BCUT2D eigenvalue weighted by atomic mass is 10.0. The van der Waals surface area contributed by atoms with E-state index < -0.39 is 6.04 Å². The lowest BCUT2D eigenvalue weighted by Gasteiger charge is -2.21. The predicted octanol–water partition coefficient (Wildman–Crippen LogP) is 1.49. The molecule has 1 aromatic rings. The van der Waals surface area contributed by atoms with Crippen molar-refractivity contribution in [3.63, 3.8) is 0 Å². The maximum absolute atomic E-state index is 12.3. The van der Waals surface area contributed by atoms with Gasteiger partial charge in [0.15, 0.2) is 0 Å². The van der Waals surface area contributed by atoms with E-state index in [1.807, 2.05) is 13.8 Å². The number of carbonyl (C=O) groups is 3. The zero-order chi connectivity index (χ0) is 17.7. The number of nitrogens with one attached hydrogen (secondary N) is 3. The molecule has 3 N–H and O–H groups in total. The molecule has 1 aliphatic carbocycles. The van der Waals surface area contributed by atoms with Crippen LogP contribution in [0.15, 0.2) is 24.3 Å². The Bertz CT molecular complexity index is 612. The largest absolute Gasteiger partial charge is 0.352 e. The first-order chi connectivity index (χ1) is 11.4. The molecule has 130 valence electrons. The van der Waals surface area contributed by atoms with E-state index >= 15 is 0 Å². The monoisotopic (exact) mass is 351 g/mol. The second-order valence-corrected chi connectivity index (χ2v) is 6.70. The Morgan fingerprint density at radius 3 is 2.33 bits per heavy atom. The topological polar surface area (TPSA) is 87.3 Å². The van der Waals surface area contributed by atoms with Crippen LogP contribution in [0, 0.1) is 5.92 Å². The van der Waals surface area contributed by atoms with Crippen LogP contribution in [0.4, 0.5) is 0 Å². The van der Waals surface area contributed by atoms with Crippen molar-refractivity contribution < 1.29 is 14.4 Å². The van der Waals surface area contributed by atoms with Crippen LogP contribution in [-0.2, 0) is 9.59 Å². The van der Waals surface area contributed by atoms with Gasteiger partial charge >= 0.3 is 0 Å². The molecule has 24 heavy (non-hydrogen) atoms. The minimum absolute atomic E-state index is 0.0879. The molecule has 1 unspecified atom stereocenters. The first-order valence-electron chi connectivity index (χ1n) is 8.00. The van der Waals surface area contributed by atoms with E-state index in [-0.39, 0.29) is 36.2 Å². The highest BCUT2D eigenvalue weighted by molar-refractivity contribution is 6.30. The molecule has 1 saturated carbocycles. The molecular formula is C17H22ClN3O3. The zero-order valence-electron chi connectivity index (χ0n) is 13.8. The first kappa shape index (κ1) is 18.3. The number of hydrogen-bond donors (Lipinski definition) is 3. The standard InChI is InChI=1S/C17H22ClN3O3/c1-10(2)15(17(24)19-9-14(22)20-13-7-8-13)21-16(23)11-3-5-12(18)6-4-11/h3-6,10,13,15H,7-9H2,1-2H3,(H,19,24)(H,20,22)(H,21,23). The van der Waals surface area contributed by atoms with Gasteiger partial charge in [0.2, 0.25) is 11.8 Å². The summed E-state index contributed by atoms with van der Waals surface area (Å²) in [4.78, 5) is 36.2. The predicted molar refractivity (Wildman–Crippen MR) is 91.7 cm³/mol. The first-order valence-corrected chi connectivity index (χ1v) is 8.38. The number of carbonyl (C=O) groups excluding carboxylic acids is 3. The average molecular weight is 352 g/mol. The fraction of sp³-hybridized carbons (Fsp3) is 0.471. The summed E-state index contributed by atoms with van der Waals surface area (Å²) >= 11 is 5.80. The molecule has 7 heteroatoms. The molecule has 0 bridgehead atoms.